The molecule has 0 atom stereocenters. The maximum absolute atomic E-state index is 5.53. The molecule has 0 unspecified atom stereocenters. The first-order valence-electron chi connectivity index (χ1n) is 8.77. The van der Waals surface area contributed by atoms with Gasteiger partial charge in [0.15, 0.2) is 0 Å². The number of nitrogens with zero attached hydrogens (tertiary/aromatic N) is 4. The zero-order valence-electron chi connectivity index (χ0n) is 16.8. The predicted molar refractivity (Wildman–Crippen MR) is 105 cm³/mol. The minimum Gasteiger partial charge on any atom is -0.390 e. The summed E-state index contributed by atoms with van der Waals surface area (Å²) in [5.74, 6) is 0.765. The smallest absolute Gasteiger partial charge is 0.147 e. The van der Waals surface area contributed by atoms with Crippen molar-refractivity contribution in [3.8, 4) is 0 Å². The third kappa shape index (κ3) is 4.71. The SMILES string of the molecule is CCN(C)C=Nc1cc(C)c(C(C)=NOCc2c(C)noc2C)cc1C. The Morgan fingerprint density at radius 2 is 1.96 bits per heavy atom. The molecule has 6 heteroatoms. The van der Waals surface area contributed by atoms with E-state index in [1.54, 1.807) is 0 Å². The normalized spacial score (nSPS) is 12.0. The molecule has 140 valence electrons. The van der Waals surface area contributed by atoms with Gasteiger partial charge in [-0.2, -0.15) is 0 Å². The van der Waals surface area contributed by atoms with E-state index in [4.69, 9.17) is 9.36 Å². The molecular weight excluding hydrogens is 328 g/mol. The fourth-order valence-corrected chi connectivity index (χ4v) is 2.52. The highest BCUT2D eigenvalue weighted by Gasteiger charge is 2.10. The number of oxime groups is 1. The van der Waals surface area contributed by atoms with Crippen LogP contribution in [0.4, 0.5) is 5.69 Å². The highest BCUT2D eigenvalue weighted by molar-refractivity contribution is 6.00. The van der Waals surface area contributed by atoms with Crippen molar-refractivity contribution in [1.82, 2.24) is 10.1 Å². The van der Waals surface area contributed by atoms with Crippen LogP contribution in [0, 0.1) is 27.7 Å². The third-order valence-corrected chi connectivity index (χ3v) is 4.42. The number of aromatic nitrogens is 1. The molecule has 1 heterocycles. The van der Waals surface area contributed by atoms with Gasteiger partial charge in [-0.1, -0.05) is 10.3 Å². The van der Waals surface area contributed by atoms with Crippen molar-refractivity contribution in [2.75, 3.05) is 13.6 Å². The number of benzene rings is 1. The van der Waals surface area contributed by atoms with Crippen molar-refractivity contribution in [3.63, 3.8) is 0 Å². The van der Waals surface area contributed by atoms with Gasteiger partial charge in [-0.05, 0) is 64.8 Å². The summed E-state index contributed by atoms with van der Waals surface area (Å²) in [5, 5.41) is 8.19. The van der Waals surface area contributed by atoms with Gasteiger partial charge < -0.3 is 14.3 Å². The maximum atomic E-state index is 5.53. The van der Waals surface area contributed by atoms with Gasteiger partial charge >= 0.3 is 0 Å². The Morgan fingerprint density at radius 1 is 1.23 bits per heavy atom. The second-order valence-electron chi connectivity index (χ2n) is 6.52. The largest absolute Gasteiger partial charge is 0.390 e. The zero-order chi connectivity index (χ0) is 19.3. The van der Waals surface area contributed by atoms with Crippen molar-refractivity contribution in [3.05, 3.63) is 45.8 Å². The summed E-state index contributed by atoms with van der Waals surface area (Å²) in [4.78, 5) is 12.1. The van der Waals surface area contributed by atoms with Crippen LogP contribution in [-0.4, -0.2) is 35.7 Å². The van der Waals surface area contributed by atoms with Crippen molar-refractivity contribution in [1.29, 1.82) is 0 Å². The first-order chi connectivity index (χ1) is 12.3. The van der Waals surface area contributed by atoms with E-state index in [1.807, 2.05) is 39.1 Å². The standard InChI is InChI=1S/C20H28N4O2/c1-8-24(7)12-21-20-10-13(2)18(9-14(20)3)15(4)22-25-11-19-16(5)23-26-17(19)6/h9-10,12H,8,11H2,1-7H3. The predicted octanol–water partition coefficient (Wildman–Crippen LogP) is 4.46. The second-order valence-corrected chi connectivity index (χ2v) is 6.52. The van der Waals surface area contributed by atoms with Gasteiger partial charge in [0.2, 0.25) is 0 Å². The quantitative estimate of drug-likeness (QED) is 0.417. The number of hydrogen-bond donors (Lipinski definition) is 0. The zero-order valence-corrected chi connectivity index (χ0v) is 16.8. The van der Waals surface area contributed by atoms with Gasteiger partial charge in [0, 0.05) is 19.2 Å². The van der Waals surface area contributed by atoms with Crippen molar-refractivity contribution >= 4 is 17.7 Å². The summed E-state index contributed by atoms with van der Waals surface area (Å²) in [7, 11) is 2.01. The van der Waals surface area contributed by atoms with Crippen LogP contribution in [0.15, 0.2) is 26.8 Å². The molecule has 0 aliphatic rings. The van der Waals surface area contributed by atoms with E-state index in [0.29, 0.717) is 6.61 Å². The Balaban J connectivity index is 2.14. The third-order valence-electron chi connectivity index (χ3n) is 4.42. The van der Waals surface area contributed by atoms with Gasteiger partial charge in [0.25, 0.3) is 0 Å². The van der Waals surface area contributed by atoms with Gasteiger partial charge in [0.05, 0.1) is 29.0 Å². The lowest BCUT2D eigenvalue weighted by Crippen LogP contribution is -2.14. The number of hydrogen-bond acceptors (Lipinski definition) is 5. The van der Waals surface area contributed by atoms with E-state index in [-0.39, 0.29) is 0 Å². The summed E-state index contributed by atoms with van der Waals surface area (Å²) in [6.45, 7) is 13.2. The van der Waals surface area contributed by atoms with E-state index in [0.717, 1.165) is 51.7 Å². The van der Waals surface area contributed by atoms with Crippen LogP contribution in [-0.2, 0) is 11.4 Å². The molecule has 0 saturated carbocycles. The summed E-state index contributed by atoms with van der Waals surface area (Å²) >= 11 is 0. The number of aliphatic imine (C=N–C) groups is 1. The Morgan fingerprint density at radius 3 is 2.58 bits per heavy atom. The van der Waals surface area contributed by atoms with Crippen LogP contribution in [0.25, 0.3) is 0 Å². The molecule has 0 spiro atoms. The molecule has 2 rings (SSSR count). The molecule has 1 aromatic heterocycles. The lowest BCUT2D eigenvalue weighted by Gasteiger charge is -2.11. The number of aryl methyl sites for hydroxylation is 4. The van der Waals surface area contributed by atoms with E-state index in [2.05, 4.69) is 48.2 Å². The Bertz CT molecular complexity index is 802. The minimum absolute atomic E-state index is 0.349. The molecule has 0 bridgehead atoms. The average molecular weight is 356 g/mol. The van der Waals surface area contributed by atoms with Crippen molar-refractivity contribution in [2.24, 2.45) is 10.1 Å². The molecule has 6 nitrogen and oxygen atoms in total. The van der Waals surface area contributed by atoms with Crippen molar-refractivity contribution in [2.45, 2.75) is 48.1 Å². The van der Waals surface area contributed by atoms with Crippen LogP contribution < -0.4 is 0 Å². The van der Waals surface area contributed by atoms with E-state index >= 15 is 0 Å². The molecule has 0 aliphatic carbocycles. The second kappa shape index (κ2) is 8.65. The van der Waals surface area contributed by atoms with Gasteiger partial charge in [0.1, 0.15) is 12.4 Å². The fourth-order valence-electron chi connectivity index (χ4n) is 2.52. The van der Waals surface area contributed by atoms with E-state index in [9.17, 15) is 0 Å². The van der Waals surface area contributed by atoms with Gasteiger partial charge in [-0.15, -0.1) is 0 Å². The molecule has 0 aliphatic heterocycles. The molecule has 1 aromatic carbocycles. The topological polar surface area (TPSA) is 63.2 Å². The van der Waals surface area contributed by atoms with Gasteiger partial charge in [-0.25, -0.2) is 4.99 Å². The molecule has 0 amide bonds. The first kappa shape index (κ1) is 19.7. The molecule has 0 saturated heterocycles. The average Bonchev–Trinajstić information content (AvgIpc) is 2.93. The monoisotopic (exact) mass is 356 g/mol. The maximum Gasteiger partial charge on any atom is 0.147 e. The van der Waals surface area contributed by atoms with Crippen LogP contribution in [0.5, 0.6) is 0 Å². The molecule has 26 heavy (non-hydrogen) atoms. The van der Waals surface area contributed by atoms with E-state index < -0.39 is 0 Å². The Kier molecular flexibility index (Phi) is 6.55. The van der Waals surface area contributed by atoms with Crippen LogP contribution in [0.2, 0.25) is 0 Å². The summed E-state index contributed by atoms with van der Waals surface area (Å²) < 4.78 is 5.14. The molecule has 0 fully saturated rings. The van der Waals surface area contributed by atoms with Crippen LogP contribution >= 0.6 is 0 Å². The Hall–Kier alpha value is -2.63. The highest BCUT2D eigenvalue weighted by Crippen LogP contribution is 2.24. The van der Waals surface area contributed by atoms with Crippen LogP contribution in [0.1, 0.15) is 47.6 Å². The molecule has 0 radical (unpaired) electrons. The van der Waals surface area contributed by atoms with E-state index in [1.165, 1.54) is 0 Å². The van der Waals surface area contributed by atoms with Crippen molar-refractivity contribution < 1.29 is 9.36 Å². The lowest BCUT2D eigenvalue weighted by atomic mass is 10.0. The molecule has 0 N–H and O–H groups in total. The lowest BCUT2D eigenvalue weighted by molar-refractivity contribution is 0.129. The molecule has 2 aromatic rings. The van der Waals surface area contributed by atoms with Gasteiger partial charge in [-0.3, -0.25) is 0 Å². The minimum atomic E-state index is 0.349. The summed E-state index contributed by atoms with van der Waals surface area (Å²) in [6, 6.07) is 4.18. The number of rotatable bonds is 7. The molecular formula is C20H28N4O2. The first-order valence-corrected chi connectivity index (χ1v) is 8.77. The highest BCUT2D eigenvalue weighted by atomic mass is 16.6. The Labute approximate surface area is 155 Å². The fraction of sp³-hybridized carbons (Fsp3) is 0.450. The summed E-state index contributed by atoms with van der Waals surface area (Å²) in [5.41, 5.74) is 6.86. The van der Waals surface area contributed by atoms with Crippen LogP contribution in [0.3, 0.4) is 0 Å². The summed E-state index contributed by atoms with van der Waals surface area (Å²) in [6.07, 6.45) is 1.86.